The van der Waals surface area contributed by atoms with Gasteiger partial charge in [0.05, 0.1) is 6.54 Å². The number of rotatable bonds is 7. The van der Waals surface area contributed by atoms with Gasteiger partial charge in [0.2, 0.25) is 17.6 Å². The van der Waals surface area contributed by atoms with Gasteiger partial charge in [0.25, 0.3) is 0 Å². The van der Waals surface area contributed by atoms with E-state index in [2.05, 4.69) is 15.5 Å². The van der Waals surface area contributed by atoms with E-state index in [4.69, 9.17) is 20.5 Å². The molecule has 0 radical (unpaired) electrons. The molecule has 0 atom stereocenters. The van der Waals surface area contributed by atoms with Gasteiger partial charge in [0.15, 0.2) is 0 Å². The zero-order valence-electron chi connectivity index (χ0n) is 15.8. The number of carbonyl (C=O) groups is 1. The van der Waals surface area contributed by atoms with Gasteiger partial charge in [-0.05, 0) is 60.7 Å². The predicted octanol–water partition coefficient (Wildman–Crippen LogP) is 5.04. The van der Waals surface area contributed by atoms with E-state index in [-0.39, 0.29) is 24.7 Å². The van der Waals surface area contributed by atoms with Gasteiger partial charge >= 0.3 is 0 Å². The molecule has 4 rings (SSSR count). The first kappa shape index (κ1) is 19.8. The first-order valence-electron chi connectivity index (χ1n) is 9.27. The Balaban J connectivity index is 1.27. The van der Waals surface area contributed by atoms with Crippen LogP contribution in [0.2, 0.25) is 5.02 Å². The van der Waals surface area contributed by atoms with Gasteiger partial charge in [-0.15, -0.1) is 0 Å². The van der Waals surface area contributed by atoms with Crippen molar-refractivity contribution in [2.45, 2.75) is 19.4 Å². The third kappa shape index (κ3) is 4.93. The van der Waals surface area contributed by atoms with Gasteiger partial charge in [0.1, 0.15) is 17.3 Å². The molecular formula is C22H17ClFN3O3. The number of halogens is 2. The molecule has 1 amide bonds. The van der Waals surface area contributed by atoms with Crippen molar-refractivity contribution in [1.29, 1.82) is 0 Å². The smallest absolute Gasteiger partial charge is 0.227 e. The Kier molecular flexibility index (Phi) is 5.90. The van der Waals surface area contributed by atoms with Crippen molar-refractivity contribution in [2.24, 2.45) is 0 Å². The van der Waals surface area contributed by atoms with Gasteiger partial charge in [-0.2, -0.15) is 4.98 Å². The summed E-state index contributed by atoms with van der Waals surface area (Å²) in [7, 11) is 0. The fourth-order valence-electron chi connectivity index (χ4n) is 2.81. The van der Waals surface area contributed by atoms with E-state index in [9.17, 15) is 9.18 Å². The fourth-order valence-corrected chi connectivity index (χ4v) is 2.94. The topological polar surface area (TPSA) is 81.2 Å². The number of aryl methyl sites for hydroxylation is 1. The molecule has 6 nitrogen and oxygen atoms in total. The average molecular weight is 426 g/mol. The Morgan fingerprint density at radius 3 is 2.50 bits per heavy atom. The molecule has 0 saturated heterocycles. The predicted molar refractivity (Wildman–Crippen MR) is 109 cm³/mol. The molecule has 0 fully saturated rings. The monoisotopic (exact) mass is 425 g/mol. The lowest BCUT2D eigenvalue weighted by Crippen LogP contribution is -2.22. The van der Waals surface area contributed by atoms with Crippen LogP contribution in [0.3, 0.4) is 0 Å². The molecule has 2 aromatic carbocycles. The molecule has 0 bridgehead atoms. The molecule has 0 unspecified atom stereocenters. The Hall–Kier alpha value is -3.45. The van der Waals surface area contributed by atoms with Crippen LogP contribution in [0.4, 0.5) is 4.39 Å². The summed E-state index contributed by atoms with van der Waals surface area (Å²) in [6.07, 6.45) is 0.490. The Morgan fingerprint density at radius 2 is 1.73 bits per heavy atom. The minimum absolute atomic E-state index is 0.166. The van der Waals surface area contributed by atoms with E-state index in [1.807, 2.05) is 24.3 Å². The standard InChI is InChI=1S/C22H17ClFN3O3/c23-16-5-1-14(2-6-16)19-10-9-18(29-19)13-25-20(28)11-12-21-26-22(27-30-21)15-3-7-17(24)8-4-15/h1-10H,11-13H2,(H,25,28). The minimum Gasteiger partial charge on any atom is -0.459 e. The molecule has 4 aromatic rings. The van der Waals surface area contributed by atoms with E-state index in [0.29, 0.717) is 40.2 Å². The van der Waals surface area contributed by atoms with Gasteiger partial charge < -0.3 is 14.3 Å². The van der Waals surface area contributed by atoms with E-state index in [1.165, 1.54) is 12.1 Å². The summed E-state index contributed by atoms with van der Waals surface area (Å²) >= 11 is 5.89. The number of hydrogen-bond acceptors (Lipinski definition) is 5. The van der Waals surface area contributed by atoms with Crippen LogP contribution in [-0.2, 0) is 17.8 Å². The molecule has 152 valence electrons. The van der Waals surface area contributed by atoms with Crippen LogP contribution in [0.1, 0.15) is 18.1 Å². The third-order valence-electron chi connectivity index (χ3n) is 4.39. The first-order valence-corrected chi connectivity index (χ1v) is 9.64. The fraction of sp³-hybridized carbons (Fsp3) is 0.136. The third-order valence-corrected chi connectivity index (χ3v) is 4.64. The quantitative estimate of drug-likeness (QED) is 0.448. The molecule has 2 aromatic heterocycles. The molecule has 0 saturated carbocycles. The summed E-state index contributed by atoms with van der Waals surface area (Å²) in [5.74, 6) is 1.54. The maximum atomic E-state index is 13.0. The van der Waals surface area contributed by atoms with E-state index < -0.39 is 0 Å². The Morgan fingerprint density at radius 1 is 1.00 bits per heavy atom. The van der Waals surface area contributed by atoms with Crippen LogP contribution < -0.4 is 5.32 Å². The van der Waals surface area contributed by atoms with Crippen molar-refractivity contribution in [2.75, 3.05) is 0 Å². The average Bonchev–Trinajstić information content (AvgIpc) is 3.42. The number of aromatic nitrogens is 2. The maximum Gasteiger partial charge on any atom is 0.227 e. The van der Waals surface area contributed by atoms with Gasteiger partial charge in [-0.1, -0.05) is 16.8 Å². The molecule has 2 heterocycles. The number of hydrogen-bond donors (Lipinski definition) is 1. The molecule has 0 spiro atoms. The van der Waals surface area contributed by atoms with E-state index >= 15 is 0 Å². The second kappa shape index (κ2) is 8.92. The molecule has 30 heavy (non-hydrogen) atoms. The largest absolute Gasteiger partial charge is 0.459 e. The zero-order chi connectivity index (χ0) is 20.9. The second-order valence-corrected chi connectivity index (χ2v) is 7.00. The highest BCUT2D eigenvalue weighted by molar-refractivity contribution is 6.30. The number of nitrogens with one attached hydrogen (secondary N) is 1. The summed E-state index contributed by atoms with van der Waals surface area (Å²) in [6, 6.07) is 16.8. The lowest BCUT2D eigenvalue weighted by molar-refractivity contribution is -0.121. The molecule has 8 heteroatoms. The highest BCUT2D eigenvalue weighted by Crippen LogP contribution is 2.23. The normalized spacial score (nSPS) is 10.9. The van der Waals surface area contributed by atoms with Crippen molar-refractivity contribution in [3.05, 3.63) is 83.2 Å². The highest BCUT2D eigenvalue weighted by atomic mass is 35.5. The summed E-state index contributed by atoms with van der Waals surface area (Å²) in [5.41, 5.74) is 1.55. The molecular weight excluding hydrogens is 409 g/mol. The number of amides is 1. The molecule has 0 aliphatic carbocycles. The van der Waals surface area contributed by atoms with Crippen molar-refractivity contribution in [3.8, 4) is 22.7 Å². The number of benzene rings is 2. The van der Waals surface area contributed by atoms with Crippen LogP contribution >= 0.6 is 11.6 Å². The van der Waals surface area contributed by atoms with E-state index in [0.717, 1.165) is 5.56 Å². The zero-order valence-corrected chi connectivity index (χ0v) is 16.5. The minimum atomic E-state index is -0.337. The first-order chi connectivity index (χ1) is 14.6. The van der Waals surface area contributed by atoms with Gasteiger partial charge in [-0.25, -0.2) is 4.39 Å². The van der Waals surface area contributed by atoms with Gasteiger partial charge in [0, 0.05) is 29.0 Å². The number of furan rings is 1. The molecule has 0 aliphatic heterocycles. The van der Waals surface area contributed by atoms with E-state index in [1.54, 1.807) is 24.3 Å². The number of carbonyl (C=O) groups excluding carboxylic acids is 1. The summed E-state index contributed by atoms with van der Waals surface area (Å²) in [6.45, 7) is 0.275. The van der Waals surface area contributed by atoms with Gasteiger partial charge in [-0.3, -0.25) is 4.79 Å². The maximum absolute atomic E-state index is 13.0. The van der Waals surface area contributed by atoms with Crippen molar-refractivity contribution < 1.29 is 18.1 Å². The summed E-state index contributed by atoms with van der Waals surface area (Å²) in [4.78, 5) is 16.4. The number of nitrogens with zero attached hydrogens (tertiary/aromatic N) is 2. The molecule has 0 aliphatic rings. The van der Waals surface area contributed by atoms with Crippen LogP contribution in [-0.4, -0.2) is 16.0 Å². The van der Waals surface area contributed by atoms with Crippen LogP contribution in [0.25, 0.3) is 22.7 Å². The van der Waals surface area contributed by atoms with Crippen molar-refractivity contribution in [1.82, 2.24) is 15.5 Å². The van der Waals surface area contributed by atoms with Crippen LogP contribution in [0.5, 0.6) is 0 Å². The Labute approximate surface area is 176 Å². The lowest BCUT2D eigenvalue weighted by atomic mass is 10.2. The Bertz CT molecular complexity index is 1050. The summed E-state index contributed by atoms with van der Waals surface area (Å²) in [5, 5.41) is 7.32. The van der Waals surface area contributed by atoms with Crippen LogP contribution in [0.15, 0.2) is 69.6 Å². The lowest BCUT2D eigenvalue weighted by Gasteiger charge is -2.02. The molecule has 1 N–H and O–H groups in total. The SMILES string of the molecule is O=C(CCc1nc(-c2ccc(F)cc2)no1)NCc1ccc(-c2ccc(Cl)cc2)o1. The van der Waals surface area contributed by atoms with Crippen molar-refractivity contribution >= 4 is 17.5 Å². The van der Waals surface area contributed by atoms with Crippen molar-refractivity contribution in [3.63, 3.8) is 0 Å². The van der Waals surface area contributed by atoms with Crippen LogP contribution in [0, 0.1) is 5.82 Å². The summed E-state index contributed by atoms with van der Waals surface area (Å²) < 4.78 is 23.9. The second-order valence-electron chi connectivity index (χ2n) is 6.57. The highest BCUT2D eigenvalue weighted by Gasteiger charge is 2.12.